The van der Waals surface area contributed by atoms with Crippen LogP contribution >= 0.6 is 24.0 Å². The van der Waals surface area contributed by atoms with E-state index in [1.807, 2.05) is 19.2 Å². The summed E-state index contributed by atoms with van der Waals surface area (Å²) < 4.78 is 10.6. The van der Waals surface area contributed by atoms with Crippen molar-refractivity contribution >= 4 is 29.9 Å². The molecular formula is C17H28IN3O2. The number of rotatable bonds is 6. The van der Waals surface area contributed by atoms with Gasteiger partial charge in [0.05, 0.1) is 13.7 Å². The second-order valence-corrected chi connectivity index (χ2v) is 5.68. The highest BCUT2D eigenvalue weighted by Crippen LogP contribution is 2.13. The number of methoxy groups -OCH3 is 1. The lowest BCUT2D eigenvalue weighted by atomic mass is 10.1. The summed E-state index contributed by atoms with van der Waals surface area (Å²) in [4.78, 5) is 6.55. The molecular weight excluding hydrogens is 405 g/mol. The molecule has 1 aromatic rings. The maximum absolute atomic E-state index is 5.43. The fourth-order valence-electron chi connectivity index (χ4n) is 2.70. The van der Waals surface area contributed by atoms with E-state index in [1.165, 1.54) is 5.56 Å². The Labute approximate surface area is 156 Å². The fraction of sp³-hybridized carbons (Fsp3) is 0.588. The lowest BCUT2D eigenvalue weighted by molar-refractivity contribution is 0.181. The van der Waals surface area contributed by atoms with Crippen LogP contribution < -0.4 is 10.1 Å². The molecule has 0 saturated carbocycles. The predicted molar refractivity (Wildman–Crippen MR) is 105 cm³/mol. The monoisotopic (exact) mass is 433 g/mol. The standard InChI is InChI=1S/C17H27N3O2.HI/c1-18-17(20(2)12-15-9-11-22-13-15)19-10-8-14-4-6-16(21-3)7-5-14;/h4-7,15H,8-13H2,1-3H3,(H,18,19);1H. The molecule has 0 radical (unpaired) electrons. The quantitative estimate of drug-likeness (QED) is 0.425. The first-order valence-electron chi connectivity index (χ1n) is 7.85. The maximum atomic E-state index is 5.43. The lowest BCUT2D eigenvalue weighted by Gasteiger charge is -2.24. The molecule has 1 N–H and O–H groups in total. The third-order valence-corrected chi connectivity index (χ3v) is 3.99. The van der Waals surface area contributed by atoms with Gasteiger partial charge >= 0.3 is 0 Å². The summed E-state index contributed by atoms with van der Waals surface area (Å²) in [6, 6.07) is 8.19. The second kappa shape index (κ2) is 10.7. The van der Waals surface area contributed by atoms with Crippen LogP contribution in [0, 0.1) is 5.92 Å². The zero-order valence-corrected chi connectivity index (χ0v) is 16.6. The van der Waals surface area contributed by atoms with Gasteiger partial charge in [-0.2, -0.15) is 0 Å². The van der Waals surface area contributed by atoms with E-state index in [4.69, 9.17) is 9.47 Å². The van der Waals surface area contributed by atoms with Crippen molar-refractivity contribution in [3.05, 3.63) is 29.8 Å². The number of nitrogens with zero attached hydrogens (tertiary/aromatic N) is 2. The van der Waals surface area contributed by atoms with Gasteiger partial charge in [0.15, 0.2) is 5.96 Å². The number of hydrogen-bond donors (Lipinski definition) is 1. The zero-order chi connectivity index (χ0) is 15.8. The molecule has 0 spiro atoms. The van der Waals surface area contributed by atoms with Crippen molar-refractivity contribution in [3.8, 4) is 5.75 Å². The van der Waals surface area contributed by atoms with Crippen molar-refractivity contribution < 1.29 is 9.47 Å². The third kappa shape index (κ3) is 6.55. The highest BCUT2D eigenvalue weighted by atomic mass is 127. The van der Waals surface area contributed by atoms with E-state index >= 15 is 0 Å². The van der Waals surface area contributed by atoms with Crippen molar-refractivity contribution in [3.63, 3.8) is 0 Å². The number of benzene rings is 1. The number of nitrogens with one attached hydrogen (secondary N) is 1. The highest BCUT2D eigenvalue weighted by Gasteiger charge is 2.18. The second-order valence-electron chi connectivity index (χ2n) is 5.68. The summed E-state index contributed by atoms with van der Waals surface area (Å²) in [6.07, 6.45) is 2.11. The van der Waals surface area contributed by atoms with Crippen molar-refractivity contribution in [2.75, 3.05) is 47.5 Å². The Hall–Kier alpha value is -1.02. The number of guanidine groups is 1. The molecule has 130 valence electrons. The molecule has 1 unspecified atom stereocenters. The summed E-state index contributed by atoms with van der Waals surface area (Å²) in [5, 5.41) is 3.42. The molecule has 2 rings (SSSR count). The molecule has 1 atom stereocenters. The molecule has 5 nitrogen and oxygen atoms in total. The Morgan fingerprint density at radius 2 is 2.13 bits per heavy atom. The fourth-order valence-corrected chi connectivity index (χ4v) is 2.70. The van der Waals surface area contributed by atoms with E-state index in [-0.39, 0.29) is 24.0 Å². The summed E-state index contributed by atoms with van der Waals surface area (Å²) in [5.41, 5.74) is 1.29. The summed E-state index contributed by atoms with van der Waals surface area (Å²) in [6.45, 7) is 3.61. The number of ether oxygens (including phenoxy) is 2. The van der Waals surface area contributed by atoms with Crippen LogP contribution in [0.3, 0.4) is 0 Å². The maximum Gasteiger partial charge on any atom is 0.193 e. The van der Waals surface area contributed by atoms with Gasteiger partial charge in [-0.05, 0) is 30.5 Å². The van der Waals surface area contributed by atoms with Crippen LogP contribution in [-0.2, 0) is 11.2 Å². The first-order valence-corrected chi connectivity index (χ1v) is 7.85. The smallest absolute Gasteiger partial charge is 0.193 e. The molecule has 0 bridgehead atoms. The van der Waals surface area contributed by atoms with Crippen LogP contribution in [0.25, 0.3) is 0 Å². The topological polar surface area (TPSA) is 46.1 Å². The molecule has 0 aromatic heterocycles. The SMILES string of the molecule is CN=C(NCCc1ccc(OC)cc1)N(C)CC1CCOC1.I. The van der Waals surface area contributed by atoms with Crippen LogP contribution in [0.4, 0.5) is 0 Å². The molecule has 1 saturated heterocycles. The molecule has 0 aliphatic carbocycles. The molecule has 1 aromatic carbocycles. The highest BCUT2D eigenvalue weighted by molar-refractivity contribution is 14.0. The molecule has 1 heterocycles. The van der Waals surface area contributed by atoms with Crippen molar-refractivity contribution in [2.45, 2.75) is 12.8 Å². The minimum absolute atomic E-state index is 0. The number of halogens is 1. The summed E-state index contributed by atoms with van der Waals surface area (Å²) >= 11 is 0. The first kappa shape index (κ1) is 20.0. The largest absolute Gasteiger partial charge is 0.497 e. The third-order valence-electron chi connectivity index (χ3n) is 3.99. The van der Waals surface area contributed by atoms with Gasteiger partial charge in [-0.1, -0.05) is 12.1 Å². The van der Waals surface area contributed by atoms with Crippen LogP contribution in [0.15, 0.2) is 29.3 Å². The summed E-state index contributed by atoms with van der Waals surface area (Å²) in [7, 11) is 5.60. The van der Waals surface area contributed by atoms with Crippen LogP contribution in [0.5, 0.6) is 5.75 Å². The van der Waals surface area contributed by atoms with E-state index in [0.717, 1.165) is 50.9 Å². The number of hydrogen-bond acceptors (Lipinski definition) is 3. The van der Waals surface area contributed by atoms with E-state index in [1.54, 1.807) is 7.11 Å². The van der Waals surface area contributed by atoms with Gasteiger partial charge in [0.1, 0.15) is 5.75 Å². The van der Waals surface area contributed by atoms with Gasteiger partial charge in [-0.3, -0.25) is 4.99 Å². The number of aliphatic imine (C=N–C) groups is 1. The van der Waals surface area contributed by atoms with Gasteiger partial charge in [-0.15, -0.1) is 24.0 Å². The Balaban J connectivity index is 0.00000264. The van der Waals surface area contributed by atoms with Gasteiger partial charge in [0.25, 0.3) is 0 Å². The lowest BCUT2D eigenvalue weighted by Crippen LogP contribution is -2.42. The van der Waals surface area contributed by atoms with E-state index in [0.29, 0.717) is 5.92 Å². The van der Waals surface area contributed by atoms with Gasteiger partial charge in [-0.25, -0.2) is 0 Å². The summed E-state index contributed by atoms with van der Waals surface area (Å²) in [5.74, 6) is 2.46. The predicted octanol–water partition coefficient (Wildman–Crippen LogP) is 2.40. The molecule has 0 amide bonds. The normalized spacial score (nSPS) is 17.5. The van der Waals surface area contributed by atoms with Gasteiger partial charge in [0, 0.05) is 39.7 Å². The van der Waals surface area contributed by atoms with Crippen LogP contribution in [0.2, 0.25) is 0 Å². The first-order chi connectivity index (χ1) is 10.7. The van der Waals surface area contributed by atoms with Gasteiger partial charge in [0.2, 0.25) is 0 Å². The molecule has 23 heavy (non-hydrogen) atoms. The van der Waals surface area contributed by atoms with E-state index in [2.05, 4.69) is 34.4 Å². The Morgan fingerprint density at radius 3 is 2.70 bits per heavy atom. The minimum atomic E-state index is 0. The van der Waals surface area contributed by atoms with Crippen molar-refractivity contribution in [1.29, 1.82) is 0 Å². The molecule has 1 aliphatic rings. The van der Waals surface area contributed by atoms with Crippen molar-refractivity contribution in [2.24, 2.45) is 10.9 Å². The van der Waals surface area contributed by atoms with E-state index in [9.17, 15) is 0 Å². The Bertz CT molecular complexity index is 473. The average Bonchev–Trinajstić information content (AvgIpc) is 3.05. The van der Waals surface area contributed by atoms with Crippen molar-refractivity contribution in [1.82, 2.24) is 10.2 Å². The van der Waals surface area contributed by atoms with Crippen LogP contribution in [0.1, 0.15) is 12.0 Å². The molecule has 1 fully saturated rings. The van der Waals surface area contributed by atoms with E-state index < -0.39 is 0 Å². The minimum Gasteiger partial charge on any atom is -0.497 e. The molecule has 6 heteroatoms. The zero-order valence-electron chi connectivity index (χ0n) is 14.2. The van der Waals surface area contributed by atoms with Crippen LogP contribution in [-0.4, -0.2) is 58.4 Å². The van der Waals surface area contributed by atoms with Gasteiger partial charge < -0.3 is 19.7 Å². The Morgan fingerprint density at radius 1 is 1.39 bits per heavy atom. The average molecular weight is 433 g/mol. The Kier molecular flexibility index (Phi) is 9.31. The molecule has 1 aliphatic heterocycles.